The van der Waals surface area contributed by atoms with E-state index in [-0.39, 0.29) is 47.6 Å². The smallest absolute Gasteiger partial charge is 0.243 e. The number of benzene rings is 2. The van der Waals surface area contributed by atoms with Crippen molar-refractivity contribution >= 4 is 66.4 Å². The van der Waals surface area contributed by atoms with Crippen molar-refractivity contribution in [1.29, 1.82) is 0 Å². The van der Waals surface area contributed by atoms with Crippen molar-refractivity contribution in [1.82, 2.24) is 45.3 Å². The van der Waals surface area contributed by atoms with Crippen LogP contribution in [0.3, 0.4) is 0 Å². The molecule has 8 aromatic rings. The fraction of sp³-hybridized carbons (Fsp3) is 0.364. The summed E-state index contributed by atoms with van der Waals surface area (Å²) in [6.45, 7) is 15.5. The van der Waals surface area contributed by atoms with E-state index in [1.807, 2.05) is 36.7 Å². The predicted octanol–water partition coefficient (Wildman–Crippen LogP) is 11.8. The lowest BCUT2D eigenvalue weighted by Crippen LogP contribution is -2.46. The Morgan fingerprint density at radius 1 is 0.612 bits per heavy atom. The number of ketones is 3. The molecule has 4 fully saturated rings. The van der Waals surface area contributed by atoms with Gasteiger partial charge in [0.1, 0.15) is 28.8 Å². The number of nitrogens with zero attached hydrogens (tertiary/aromatic N) is 7. The van der Waals surface area contributed by atoms with Crippen molar-refractivity contribution in [2.45, 2.75) is 77.8 Å². The maximum atomic E-state index is 14.9. The van der Waals surface area contributed by atoms with E-state index in [2.05, 4.69) is 54.0 Å². The molecule has 4 aliphatic rings. The van der Waals surface area contributed by atoms with Crippen LogP contribution in [0, 0.1) is 23.5 Å². The van der Waals surface area contributed by atoms with Gasteiger partial charge in [-0.25, -0.2) is 8.78 Å². The molecule has 1 amide bonds. The number of likely N-dealkylation sites (N-methyl/N-ethyl adjacent to an activating group) is 1. The molecule has 2 saturated carbocycles. The minimum atomic E-state index is -0.483. The Labute approximate surface area is 502 Å². The van der Waals surface area contributed by atoms with E-state index in [4.69, 9.17) is 19.4 Å². The second kappa shape index (κ2) is 29.0. The average Bonchev–Trinajstić information content (AvgIpc) is 4.60. The number of carbonyl (C=O) groups is 4. The standard InChI is InChI=1S/C33H35FN4O3S.C29H29FN4O2S.C4H7NO/c1-22(39)9-11-37-12-14-38(15-13-37)21-25-4-6-28(36-20-25)32-19-29-33(42-32)31(8-10-35-29)41-30-7-5-24(18-27(30)34)17-26(40)16-23-2-3-23;30-23-15-20(14-22(35)13-19-1-2-19)4-6-26(23)36-27-7-8-32-25-16-28(37-29(25)27)24-5-3-21(17-33-24)18-34-11-9-31-10-12-34;1-3-4(6)5-2/h4-8,10,18-20,23H,2-3,9,11-17,21H2,1H3;3-8,15-17,19,31H,1-2,9-14,18H2;3H,1H2,2H3,(H,5,6). The fourth-order valence-electron chi connectivity index (χ4n) is 10.1. The lowest BCUT2D eigenvalue weighted by Gasteiger charge is -2.34. The lowest BCUT2D eigenvalue weighted by molar-refractivity contribution is -0.119. The van der Waals surface area contributed by atoms with Crippen molar-refractivity contribution in [2.75, 3.05) is 66.0 Å². The zero-order valence-electron chi connectivity index (χ0n) is 48.1. The van der Waals surface area contributed by atoms with Gasteiger partial charge >= 0.3 is 0 Å². The molecule has 85 heavy (non-hydrogen) atoms. The van der Waals surface area contributed by atoms with Crippen molar-refractivity contribution in [3.8, 4) is 44.1 Å². The molecule has 442 valence electrons. The summed E-state index contributed by atoms with van der Waals surface area (Å²) in [5.41, 5.74) is 6.99. The molecule has 2 saturated heterocycles. The highest BCUT2D eigenvalue weighted by molar-refractivity contribution is 7.23. The third-order valence-electron chi connectivity index (χ3n) is 15.3. The number of Topliss-reactive ketones (excluding diaryl/α,β-unsaturated/α-hetero) is 3. The van der Waals surface area contributed by atoms with Gasteiger partial charge in [0.05, 0.1) is 41.6 Å². The van der Waals surface area contributed by atoms with E-state index in [1.54, 1.807) is 62.8 Å². The Morgan fingerprint density at radius 2 is 1.07 bits per heavy atom. The van der Waals surface area contributed by atoms with Crippen LogP contribution in [0.4, 0.5) is 8.78 Å². The molecular weight excluding hydrogens is 1120 g/mol. The number of carbonyl (C=O) groups excluding carboxylic acids is 4. The van der Waals surface area contributed by atoms with E-state index in [1.165, 1.54) is 46.4 Å². The van der Waals surface area contributed by atoms with Crippen LogP contribution in [-0.4, -0.2) is 124 Å². The quantitative estimate of drug-likeness (QED) is 0.0614. The van der Waals surface area contributed by atoms with Crippen LogP contribution in [0.2, 0.25) is 0 Å². The number of nitrogens with one attached hydrogen (secondary N) is 2. The van der Waals surface area contributed by atoms with Crippen molar-refractivity contribution in [2.24, 2.45) is 11.8 Å². The third-order valence-corrected chi connectivity index (χ3v) is 17.6. The molecule has 0 radical (unpaired) electrons. The Kier molecular flexibility index (Phi) is 20.7. The average molecular weight is 1190 g/mol. The number of thiophene rings is 2. The molecule has 2 N–H and O–H groups in total. The second-order valence-corrected chi connectivity index (χ2v) is 24.3. The Bertz CT molecular complexity index is 3630. The van der Waals surface area contributed by atoms with E-state index in [0.29, 0.717) is 53.7 Å². The maximum absolute atomic E-state index is 14.9. The highest BCUT2D eigenvalue weighted by atomic mass is 32.1. The van der Waals surface area contributed by atoms with Crippen molar-refractivity contribution in [3.05, 3.63) is 156 Å². The molecule has 0 bridgehead atoms. The first-order valence-electron chi connectivity index (χ1n) is 29.2. The van der Waals surface area contributed by atoms with Gasteiger partial charge in [0.2, 0.25) is 5.91 Å². The van der Waals surface area contributed by atoms with E-state index < -0.39 is 11.6 Å². The predicted molar refractivity (Wildman–Crippen MR) is 330 cm³/mol. The summed E-state index contributed by atoms with van der Waals surface area (Å²) in [6, 6.07) is 25.4. The minimum Gasteiger partial charge on any atom is -0.453 e. The zero-order chi connectivity index (χ0) is 59.2. The fourth-order valence-corrected chi connectivity index (χ4v) is 12.2. The molecule has 19 heteroatoms. The number of rotatable bonds is 22. The van der Waals surface area contributed by atoms with Gasteiger partial charge in [-0.05, 0) is 121 Å². The molecule has 0 spiro atoms. The molecule has 12 rings (SSSR count). The van der Waals surface area contributed by atoms with Crippen LogP contribution < -0.4 is 20.1 Å². The molecule has 2 aliphatic heterocycles. The highest BCUT2D eigenvalue weighted by Crippen LogP contribution is 2.41. The molecule has 8 heterocycles. The summed E-state index contributed by atoms with van der Waals surface area (Å²) in [7, 11) is 1.56. The summed E-state index contributed by atoms with van der Waals surface area (Å²) in [4.78, 5) is 73.1. The molecule has 0 unspecified atom stereocenters. The number of pyridine rings is 4. The summed E-state index contributed by atoms with van der Waals surface area (Å²) >= 11 is 3.05. The summed E-state index contributed by atoms with van der Waals surface area (Å²) in [5.74, 6) is 1.88. The van der Waals surface area contributed by atoms with Gasteiger partial charge in [-0.15, -0.1) is 22.7 Å². The number of fused-ring (bicyclic) bond motifs is 2. The van der Waals surface area contributed by atoms with Crippen LogP contribution in [0.25, 0.3) is 41.6 Å². The van der Waals surface area contributed by atoms with Gasteiger partial charge in [-0.2, -0.15) is 0 Å². The van der Waals surface area contributed by atoms with Gasteiger partial charge in [0.25, 0.3) is 0 Å². The molecule has 15 nitrogen and oxygen atoms in total. The van der Waals surface area contributed by atoms with Gasteiger partial charge in [-0.3, -0.25) is 48.9 Å². The highest BCUT2D eigenvalue weighted by Gasteiger charge is 2.26. The van der Waals surface area contributed by atoms with E-state index >= 15 is 0 Å². The van der Waals surface area contributed by atoms with Gasteiger partial charge in [0.15, 0.2) is 23.1 Å². The number of amides is 1. The molecule has 2 aliphatic carbocycles. The first kappa shape index (κ1) is 60.6. The summed E-state index contributed by atoms with van der Waals surface area (Å²) in [6.07, 6.45) is 15.3. The first-order chi connectivity index (χ1) is 41.3. The van der Waals surface area contributed by atoms with Crippen LogP contribution >= 0.6 is 22.7 Å². The monoisotopic (exact) mass is 1190 g/mol. The normalized spacial score (nSPS) is 15.5. The molecule has 6 aromatic heterocycles. The van der Waals surface area contributed by atoms with Crippen molar-refractivity contribution in [3.63, 3.8) is 0 Å². The molecule has 0 atom stereocenters. The third kappa shape index (κ3) is 17.6. The number of aromatic nitrogens is 4. The second-order valence-electron chi connectivity index (χ2n) is 22.2. The Hall–Kier alpha value is -7.52. The zero-order valence-corrected chi connectivity index (χ0v) is 49.8. The Balaban J connectivity index is 0.000000174. The largest absolute Gasteiger partial charge is 0.453 e. The van der Waals surface area contributed by atoms with Crippen molar-refractivity contribution < 1.29 is 37.4 Å². The lowest BCUT2D eigenvalue weighted by atomic mass is 10.0. The van der Waals surface area contributed by atoms with Gasteiger partial charge in [0, 0.05) is 148 Å². The summed E-state index contributed by atoms with van der Waals surface area (Å²) < 4.78 is 43.5. The van der Waals surface area contributed by atoms with Crippen LogP contribution in [0.1, 0.15) is 74.1 Å². The number of piperazine rings is 2. The topological polar surface area (TPSA) is 172 Å². The number of halogens is 2. The number of hydrogen-bond donors (Lipinski definition) is 2. The van der Waals surface area contributed by atoms with E-state index in [9.17, 15) is 28.0 Å². The summed E-state index contributed by atoms with van der Waals surface area (Å²) in [5, 5.41) is 5.74. The van der Waals surface area contributed by atoms with Crippen LogP contribution in [0.5, 0.6) is 23.0 Å². The Morgan fingerprint density at radius 3 is 1.47 bits per heavy atom. The molecular formula is C66H71F2N9O6S2. The first-order valence-corrected chi connectivity index (χ1v) is 30.8. The number of hydrogen-bond acceptors (Lipinski definition) is 16. The maximum Gasteiger partial charge on any atom is 0.243 e. The van der Waals surface area contributed by atoms with Gasteiger partial charge < -0.3 is 25.0 Å². The van der Waals surface area contributed by atoms with Crippen LogP contribution in [0.15, 0.2) is 122 Å². The van der Waals surface area contributed by atoms with Crippen LogP contribution in [-0.2, 0) is 45.1 Å². The van der Waals surface area contributed by atoms with E-state index in [0.717, 1.165) is 145 Å². The molecule has 2 aromatic carbocycles. The number of ether oxygens (including phenoxy) is 2. The minimum absolute atomic E-state index is 0.123. The van der Waals surface area contributed by atoms with Gasteiger partial charge in [-0.1, -0.05) is 30.8 Å². The SMILES string of the molecule is C=CC(=O)NC.CC(=O)CCN1CCN(Cc2ccc(-c3cc4nccc(Oc5ccc(CC(=O)CC6CC6)cc5F)c4s3)nc2)CC1.O=C(Cc1ccc(Oc2ccnc3cc(-c4ccc(CN5CCNCC5)cn4)sc23)c(F)c1)CC1CC1.